The van der Waals surface area contributed by atoms with E-state index in [1.165, 1.54) is 22.3 Å². The van der Waals surface area contributed by atoms with Crippen molar-refractivity contribution in [1.82, 2.24) is 0 Å². The molecule has 0 heterocycles. The van der Waals surface area contributed by atoms with Gasteiger partial charge in [-0.15, -0.1) is 0 Å². The Kier molecular flexibility index (Phi) is 2.60. The van der Waals surface area contributed by atoms with E-state index in [4.69, 9.17) is 0 Å². The van der Waals surface area contributed by atoms with Crippen LogP contribution in [0, 0.1) is 0 Å². The highest BCUT2D eigenvalue weighted by atomic mass is 16.1. The van der Waals surface area contributed by atoms with Crippen LogP contribution < -0.4 is 0 Å². The van der Waals surface area contributed by atoms with E-state index in [9.17, 15) is 4.79 Å². The maximum absolute atomic E-state index is 10.5. The summed E-state index contributed by atoms with van der Waals surface area (Å²) in [7, 11) is 0. The molecule has 1 heteroatoms. The highest BCUT2D eigenvalue weighted by Crippen LogP contribution is 2.37. The van der Waals surface area contributed by atoms with E-state index in [1.54, 1.807) is 6.08 Å². The van der Waals surface area contributed by atoms with Crippen LogP contribution in [0.15, 0.2) is 48.5 Å². The molecule has 0 aromatic heterocycles. The third kappa shape index (κ3) is 1.68. The standard InChI is InChI=1S/C17H14O/c1-12(8-9-18)13-6-7-17-15(10-13)11-14-4-2-3-5-16(14)17/h2-10H,11H2,1H3/b12-8+. The van der Waals surface area contributed by atoms with Crippen LogP contribution in [-0.2, 0) is 11.2 Å². The molecule has 0 saturated carbocycles. The second kappa shape index (κ2) is 4.26. The summed E-state index contributed by atoms with van der Waals surface area (Å²) in [5, 5.41) is 0. The number of carbonyl (C=O) groups is 1. The van der Waals surface area contributed by atoms with Crippen molar-refractivity contribution in [3.05, 3.63) is 65.2 Å². The van der Waals surface area contributed by atoms with Crippen LogP contribution in [0.4, 0.5) is 0 Å². The summed E-state index contributed by atoms with van der Waals surface area (Å²) in [6.45, 7) is 1.97. The van der Waals surface area contributed by atoms with Gasteiger partial charge < -0.3 is 0 Å². The first-order chi connectivity index (χ1) is 8.79. The first-order valence-electron chi connectivity index (χ1n) is 6.13. The van der Waals surface area contributed by atoms with E-state index in [-0.39, 0.29) is 0 Å². The van der Waals surface area contributed by atoms with Crippen LogP contribution in [0.2, 0.25) is 0 Å². The number of fused-ring (bicyclic) bond motifs is 3. The zero-order chi connectivity index (χ0) is 12.5. The Balaban J connectivity index is 2.09. The monoisotopic (exact) mass is 234 g/mol. The molecule has 0 saturated heterocycles. The van der Waals surface area contributed by atoms with Gasteiger partial charge in [0.2, 0.25) is 0 Å². The second-order valence-corrected chi connectivity index (χ2v) is 4.69. The number of allylic oxidation sites excluding steroid dienone is 2. The van der Waals surface area contributed by atoms with Gasteiger partial charge >= 0.3 is 0 Å². The van der Waals surface area contributed by atoms with Crippen LogP contribution in [0.25, 0.3) is 16.7 Å². The molecule has 1 aliphatic carbocycles. The number of aldehydes is 1. The lowest BCUT2D eigenvalue weighted by Crippen LogP contribution is -1.85. The predicted molar refractivity (Wildman–Crippen MR) is 74.4 cm³/mol. The normalized spacial score (nSPS) is 13.1. The Hall–Kier alpha value is -2.15. The Morgan fingerprint density at radius 2 is 1.83 bits per heavy atom. The van der Waals surface area contributed by atoms with Crippen LogP contribution >= 0.6 is 0 Å². The number of hydrogen-bond acceptors (Lipinski definition) is 1. The quantitative estimate of drug-likeness (QED) is 0.486. The van der Waals surface area contributed by atoms with E-state index in [0.29, 0.717) is 0 Å². The zero-order valence-electron chi connectivity index (χ0n) is 10.3. The molecule has 0 spiro atoms. The lowest BCUT2D eigenvalue weighted by atomic mass is 10.00. The van der Waals surface area contributed by atoms with Gasteiger partial charge in [0.15, 0.2) is 0 Å². The van der Waals surface area contributed by atoms with E-state index in [0.717, 1.165) is 23.8 Å². The van der Waals surface area contributed by atoms with Crippen molar-refractivity contribution < 1.29 is 4.79 Å². The van der Waals surface area contributed by atoms with Gasteiger partial charge in [-0.3, -0.25) is 4.79 Å². The van der Waals surface area contributed by atoms with Gasteiger partial charge in [-0.05, 0) is 52.8 Å². The van der Waals surface area contributed by atoms with E-state index in [2.05, 4.69) is 42.5 Å². The van der Waals surface area contributed by atoms with Crippen LogP contribution in [-0.4, -0.2) is 6.29 Å². The molecule has 2 aromatic rings. The fourth-order valence-electron chi connectivity index (χ4n) is 2.59. The Bertz CT molecular complexity index is 650. The van der Waals surface area contributed by atoms with Crippen LogP contribution in [0.3, 0.4) is 0 Å². The molecule has 2 aromatic carbocycles. The molecule has 88 valence electrons. The molecule has 1 nitrogen and oxygen atoms in total. The molecule has 0 fully saturated rings. The third-order valence-electron chi connectivity index (χ3n) is 3.57. The van der Waals surface area contributed by atoms with Gasteiger partial charge in [-0.1, -0.05) is 42.5 Å². The van der Waals surface area contributed by atoms with Crippen molar-refractivity contribution in [2.75, 3.05) is 0 Å². The fraction of sp³-hybridized carbons (Fsp3) is 0.118. The smallest absolute Gasteiger partial charge is 0.143 e. The molecule has 3 rings (SSSR count). The maximum atomic E-state index is 10.5. The number of carbonyl (C=O) groups excluding carboxylic acids is 1. The summed E-state index contributed by atoms with van der Waals surface area (Å²) in [4.78, 5) is 10.5. The van der Waals surface area contributed by atoms with E-state index >= 15 is 0 Å². The summed E-state index contributed by atoms with van der Waals surface area (Å²) >= 11 is 0. The molecule has 0 N–H and O–H groups in total. The van der Waals surface area contributed by atoms with Gasteiger partial charge in [0, 0.05) is 0 Å². The molecule has 0 aliphatic heterocycles. The van der Waals surface area contributed by atoms with E-state index < -0.39 is 0 Å². The Morgan fingerprint density at radius 3 is 2.67 bits per heavy atom. The van der Waals surface area contributed by atoms with Gasteiger partial charge in [0.1, 0.15) is 6.29 Å². The molecule has 0 unspecified atom stereocenters. The minimum Gasteiger partial charge on any atom is -0.299 e. The first kappa shape index (κ1) is 11.0. The van der Waals surface area contributed by atoms with Crippen molar-refractivity contribution in [1.29, 1.82) is 0 Å². The first-order valence-corrected chi connectivity index (χ1v) is 6.13. The summed E-state index contributed by atoms with van der Waals surface area (Å²) in [6.07, 6.45) is 3.45. The SMILES string of the molecule is C/C(=C\C=O)c1ccc2c(c1)Cc1ccccc1-2. The largest absolute Gasteiger partial charge is 0.299 e. The zero-order valence-corrected chi connectivity index (χ0v) is 10.3. The predicted octanol–water partition coefficient (Wildman–Crippen LogP) is 3.86. The molecule has 0 radical (unpaired) electrons. The van der Waals surface area contributed by atoms with Gasteiger partial charge in [0.05, 0.1) is 0 Å². The van der Waals surface area contributed by atoms with Crippen molar-refractivity contribution in [3.63, 3.8) is 0 Å². The maximum Gasteiger partial charge on any atom is 0.143 e. The average Bonchev–Trinajstić information content (AvgIpc) is 2.76. The van der Waals surface area contributed by atoms with Crippen LogP contribution in [0.5, 0.6) is 0 Å². The molecule has 1 aliphatic rings. The summed E-state index contributed by atoms with van der Waals surface area (Å²) in [5.74, 6) is 0. The minimum atomic E-state index is 0.845. The van der Waals surface area contributed by atoms with Crippen molar-refractivity contribution in [2.24, 2.45) is 0 Å². The summed E-state index contributed by atoms with van der Waals surface area (Å²) in [5.41, 5.74) is 7.57. The number of benzene rings is 2. The highest BCUT2D eigenvalue weighted by molar-refractivity contribution is 5.83. The molecule has 0 bridgehead atoms. The van der Waals surface area contributed by atoms with Gasteiger partial charge in [-0.2, -0.15) is 0 Å². The molecular weight excluding hydrogens is 220 g/mol. The number of hydrogen-bond donors (Lipinski definition) is 0. The molecule has 0 amide bonds. The molecular formula is C17H14O. The highest BCUT2D eigenvalue weighted by Gasteiger charge is 2.17. The van der Waals surface area contributed by atoms with Crippen molar-refractivity contribution in [3.8, 4) is 11.1 Å². The minimum absolute atomic E-state index is 0.845. The lowest BCUT2D eigenvalue weighted by molar-refractivity contribution is -0.104. The van der Waals surface area contributed by atoms with Gasteiger partial charge in [0.25, 0.3) is 0 Å². The topological polar surface area (TPSA) is 17.1 Å². The lowest BCUT2D eigenvalue weighted by Gasteiger charge is -2.05. The Labute approximate surface area is 107 Å². The third-order valence-corrected chi connectivity index (χ3v) is 3.57. The second-order valence-electron chi connectivity index (χ2n) is 4.69. The molecule has 18 heavy (non-hydrogen) atoms. The number of rotatable bonds is 2. The molecule has 0 atom stereocenters. The van der Waals surface area contributed by atoms with E-state index in [1.807, 2.05) is 6.92 Å². The van der Waals surface area contributed by atoms with Gasteiger partial charge in [-0.25, -0.2) is 0 Å². The average molecular weight is 234 g/mol. The van der Waals surface area contributed by atoms with Crippen molar-refractivity contribution in [2.45, 2.75) is 13.3 Å². The summed E-state index contributed by atoms with van der Waals surface area (Å²) in [6, 6.07) is 15.0. The van der Waals surface area contributed by atoms with Crippen LogP contribution in [0.1, 0.15) is 23.6 Å². The summed E-state index contributed by atoms with van der Waals surface area (Å²) < 4.78 is 0. The van der Waals surface area contributed by atoms with Crippen molar-refractivity contribution >= 4 is 11.9 Å². The fourth-order valence-corrected chi connectivity index (χ4v) is 2.59. The Morgan fingerprint density at radius 1 is 1.06 bits per heavy atom.